The van der Waals surface area contributed by atoms with Crippen LogP contribution in [0.3, 0.4) is 0 Å². The number of nitrogens with zero attached hydrogens (tertiary/aromatic N) is 3. The van der Waals surface area contributed by atoms with Crippen molar-refractivity contribution in [3.63, 3.8) is 0 Å². The van der Waals surface area contributed by atoms with Crippen LogP contribution in [0.1, 0.15) is 57.4 Å². The number of carbonyl (C=O) groups is 3. The minimum Gasteiger partial charge on any atom is -0.463 e. The summed E-state index contributed by atoms with van der Waals surface area (Å²) in [5.41, 5.74) is 4.08. The average Bonchev–Trinajstić information content (AvgIpc) is 2.80. The highest BCUT2D eigenvalue weighted by molar-refractivity contribution is 5.95. The number of hydrogen-bond acceptors (Lipinski definition) is 5. The van der Waals surface area contributed by atoms with Gasteiger partial charge in [-0.2, -0.15) is 0 Å². The Hall–Kier alpha value is -3.07. The summed E-state index contributed by atoms with van der Waals surface area (Å²) in [6, 6.07) is 5.23. The molecule has 0 saturated carbocycles. The molecule has 2 aliphatic heterocycles. The predicted octanol–water partition coefficient (Wildman–Crippen LogP) is 3.33. The first-order valence-corrected chi connectivity index (χ1v) is 12.9. The van der Waals surface area contributed by atoms with Crippen LogP contribution >= 0.6 is 0 Å². The zero-order valence-corrected chi connectivity index (χ0v) is 22.7. The molecule has 0 spiro atoms. The summed E-state index contributed by atoms with van der Waals surface area (Å²) in [7, 11) is 0. The Labute approximate surface area is 214 Å². The SMILES string of the molecule is CCOC(=O)C1=C(CN2CCN(C(=O)NC(C)C)[C@@H](C)C2)N(CC)C(=O)N[C@@H]1c1cc(C)ccc1C. The second-order valence-corrected chi connectivity index (χ2v) is 9.95. The lowest BCUT2D eigenvalue weighted by Gasteiger charge is -2.43. The zero-order valence-electron chi connectivity index (χ0n) is 22.7. The molecule has 0 radical (unpaired) electrons. The van der Waals surface area contributed by atoms with Gasteiger partial charge in [0.2, 0.25) is 0 Å². The quantitative estimate of drug-likeness (QED) is 0.562. The molecular weight excluding hydrogens is 458 g/mol. The Balaban J connectivity index is 1.98. The van der Waals surface area contributed by atoms with E-state index < -0.39 is 12.0 Å². The second-order valence-electron chi connectivity index (χ2n) is 9.95. The van der Waals surface area contributed by atoms with E-state index in [9.17, 15) is 14.4 Å². The number of likely N-dealkylation sites (N-methyl/N-ethyl adjacent to an activating group) is 1. The summed E-state index contributed by atoms with van der Waals surface area (Å²) in [5, 5.41) is 6.02. The monoisotopic (exact) mass is 499 g/mol. The van der Waals surface area contributed by atoms with Crippen molar-refractivity contribution >= 4 is 18.0 Å². The molecule has 0 unspecified atom stereocenters. The fraction of sp³-hybridized carbons (Fsp3) is 0.593. The maximum atomic E-state index is 13.4. The maximum absolute atomic E-state index is 13.4. The number of carbonyl (C=O) groups excluding carboxylic acids is 3. The van der Waals surface area contributed by atoms with Gasteiger partial charge in [-0.15, -0.1) is 0 Å². The van der Waals surface area contributed by atoms with Crippen LogP contribution < -0.4 is 10.6 Å². The first-order chi connectivity index (χ1) is 17.1. The Morgan fingerprint density at radius 3 is 2.53 bits per heavy atom. The molecule has 2 heterocycles. The van der Waals surface area contributed by atoms with E-state index in [1.54, 1.807) is 11.8 Å². The normalized spacial score (nSPS) is 21.1. The van der Waals surface area contributed by atoms with Crippen LogP contribution in [0.4, 0.5) is 9.59 Å². The summed E-state index contributed by atoms with van der Waals surface area (Å²) in [6.45, 7) is 16.5. The van der Waals surface area contributed by atoms with Crippen LogP contribution in [0.15, 0.2) is 29.5 Å². The Bertz CT molecular complexity index is 1020. The number of aryl methyl sites for hydroxylation is 2. The molecule has 1 saturated heterocycles. The van der Waals surface area contributed by atoms with Crippen molar-refractivity contribution in [1.29, 1.82) is 0 Å². The number of esters is 1. The highest BCUT2D eigenvalue weighted by Gasteiger charge is 2.39. The van der Waals surface area contributed by atoms with Gasteiger partial charge in [-0.3, -0.25) is 9.80 Å². The molecule has 198 valence electrons. The van der Waals surface area contributed by atoms with Crippen LogP contribution in [-0.2, 0) is 9.53 Å². The average molecular weight is 500 g/mol. The highest BCUT2D eigenvalue weighted by atomic mass is 16.5. The van der Waals surface area contributed by atoms with Gasteiger partial charge in [0.25, 0.3) is 0 Å². The van der Waals surface area contributed by atoms with E-state index in [1.807, 2.05) is 64.6 Å². The van der Waals surface area contributed by atoms with Gasteiger partial charge in [0.1, 0.15) is 0 Å². The molecule has 2 N–H and O–H groups in total. The number of piperazine rings is 1. The number of rotatable bonds is 7. The van der Waals surface area contributed by atoms with Crippen molar-refractivity contribution in [1.82, 2.24) is 25.3 Å². The van der Waals surface area contributed by atoms with Crippen LogP contribution in [-0.4, -0.2) is 84.1 Å². The number of amides is 4. The molecule has 2 atom stereocenters. The lowest BCUT2D eigenvalue weighted by Crippen LogP contribution is -2.58. The molecule has 9 nitrogen and oxygen atoms in total. The molecule has 1 aromatic carbocycles. The van der Waals surface area contributed by atoms with Crippen molar-refractivity contribution in [3.05, 3.63) is 46.2 Å². The van der Waals surface area contributed by atoms with E-state index in [0.29, 0.717) is 44.0 Å². The molecule has 36 heavy (non-hydrogen) atoms. The van der Waals surface area contributed by atoms with Crippen molar-refractivity contribution in [2.24, 2.45) is 0 Å². The lowest BCUT2D eigenvalue weighted by molar-refractivity contribution is -0.139. The lowest BCUT2D eigenvalue weighted by atomic mass is 9.90. The zero-order chi connectivity index (χ0) is 26.6. The standard InChI is InChI=1S/C27H41N5O4/c1-8-31-22(16-30-12-13-32(20(7)15-30)26(34)28-17(3)4)23(25(33)36-9-2)24(29-27(31)35)21-14-18(5)10-11-19(21)6/h10-11,14,17,20,24H,8-9,12-13,15-16H2,1-7H3,(H,28,34)(H,29,35)/t20-,24+/m0/s1. The van der Waals surface area contributed by atoms with E-state index in [4.69, 9.17) is 4.74 Å². The van der Waals surface area contributed by atoms with Crippen LogP contribution in [0, 0.1) is 13.8 Å². The van der Waals surface area contributed by atoms with E-state index in [-0.39, 0.29) is 30.8 Å². The third-order valence-corrected chi connectivity index (χ3v) is 6.75. The number of hydrogen-bond donors (Lipinski definition) is 2. The first kappa shape index (κ1) is 27.5. The molecule has 3 rings (SSSR count). The van der Waals surface area contributed by atoms with Crippen molar-refractivity contribution in [2.75, 3.05) is 39.3 Å². The van der Waals surface area contributed by atoms with E-state index in [0.717, 1.165) is 16.7 Å². The fourth-order valence-electron chi connectivity index (χ4n) is 4.98. The Kier molecular flexibility index (Phi) is 9.00. The smallest absolute Gasteiger partial charge is 0.338 e. The summed E-state index contributed by atoms with van der Waals surface area (Å²) in [5.74, 6) is -0.417. The Morgan fingerprint density at radius 2 is 1.92 bits per heavy atom. The van der Waals surface area contributed by atoms with Crippen molar-refractivity contribution in [3.8, 4) is 0 Å². The van der Waals surface area contributed by atoms with Crippen LogP contribution in [0.25, 0.3) is 0 Å². The van der Waals surface area contributed by atoms with Gasteiger partial charge in [-0.1, -0.05) is 23.8 Å². The van der Waals surface area contributed by atoms with Gasteiger partial charge in [0.15, 0.2) is 0 Å². The summed E-state index contributed by atoms with van der Waals surface area (Å²) in [6.07, 6.45) is 0. The number of nitrogens with one attached hydrogen (secondary N) is 2. The molecule has 0 bridgehead atoms. The predicted molar refractivity (Wildman–Crippen MR) is 140 cm³/mol. The van der Waals surface area contributed by atoms with E-state index >= 15 is 0 Å². The third-order valence-electron chi connectivity index (χ3n) is 6.75. The van der Waals surface area contributed by atoms with Gasteiger partial charge in [-0.25, -0.2) is 14.4 Å². The maximum Gasteiger partial charge on any atom is 0.338 e. The summed E-state index contributed by atoms with van der Waals surface area (Å²) >= 11 is 0. The first-order valence-electron chi connectivity index (χ1n) is 12.9. The van der Waals surface area contributed by atoms with E-state index in [1.165, 1.54) is 0 Å². The number of ether oxygens (including phenoxy) is 1. The van der Waals surface area contributed by atoms with Crippen LogP contribution in [0.5, 0.6) is 0 Å². The van der Waals surface area contributed by atoms with Crippen LogP contribution in [0.2, 0.25) is 0 Å². The summed E-state index contributed by atoms with van der Waals surface area (Å²) in [4.78, 5) is 44.9. The largest absolute Gasteiger partial charge is 0.463 e. The van der Waals surface area contributed by atoms with Gasteiger partial charge in [-0.05, 0) is 59.6 Å². The minimum atomic E-state index is -0.593. The molecule has 1 aromatic rings. The third kappa shape index (κ3) is 6.00. The molecule has 4 amide bonds. The second kappa shape index (κ2) is 11.8. The highest BCUT2D eigenvalue weighted by Crippen LogP contribution is 2.34. The van der Waals surface area contributed by atoms with Crippen molar-refractivity contribution in [2.45, 2.75) is 66.6 Å². The molecule has 9 heteroatoms. The van der Waals surface area contributed by atoms with Gasteiger partial charge >= 0.3 is 18.0 Å². The molecule has 2 aliphatic rings. The molecular formula is C27H41N5O4. The van der Waals surface area contributed by atoms with E-state index in [2.05, 4.69) is 15.5 Å². The topological polar surface area (TPSA) is 94.2 Å². The fourth-order valence-corrected chi connectivity index (χ4v) is 4.98. The molecule has 1 fully saturated rings. The Morgan fingerprint density at radius 1 is 1.19 bits per heavy atom. The molecule has 0 aromatic heterocycles. The van der Waals surface area contributed by atoms with Gasteiger partial charge in [0, 0.05) is 50.5 Å². The molecule has 0 aliphatic carbocycles. The minimum absolute atomic E-state index is 0.00792. The van der Waals surface area contributed by atoms with Gasteiger partial charge < -0.3 is 20.3 Å². The van der Waals surface area contributed by atoms with Gasteiger partial charge in [0.05, 0.1) is 18.2 Å². The number of benzene rings is 1. The summed E-state index contributed by atoms with van der Waals surface area (Å²) < 4.78 is 5.50. The number of urea groups is 2. The van der Waals surface area contributed by atoms with Crippen molar-refractivity contribution < 1.29 is 19.1 Å².